The van der Waals surface area contributed by atoms with Crippen molar-refractivity contribution in [1.82, 2.24) is 9.88 Å². The zero-order chi connectivity index (χ0) is 13.0. The zero-order valence-corrected chi connectivity index (χ0v) is 12.6. The molecule has 0 saturated heterocycles. The third kappa shape index (κ3) is 3.53. The van der Waals surface area contributed by atoms with Gasteiger partial charge < -0.3 is 5.73 Å². The van der Waals surface area contributed by atoms with E-state index in [1.165, 1.54) is 25.7 Å². The number of nitrogens with two attached hydrogens (primary N) is 1. The van der Waals surface area contributed by atoms with Crippen molar-refractivity contribution in [2.45, 2.75) is 38.3 Å². The molecule has 2 atom stereocenters. The molecule has 100 valence electrons. The molecular formula is C14H22BrN3. The number of nitrogens with zero attached hydrogens (tertiary/aromatic N) is 2. The Bertz CT molecular complexity index is 366. The minimum absolute atomic E-state index is 0.620. The lowest BCUT2D eigenvalue weighted by Crippen LogP contribution is -2.42. The maximum atomic E-state index is 5.90. The lowest BCUT2D eigenvalue weighted by molar-refractivity contribution is 0.126. The summed E-state index contributed by atoms with van der Waals surface area (Å²) in [6.45, 7) is 1.72. The molecule has 0 bridgehead atoms. The van der Waals surface area contributed by atoms with Crippen molar-refractivity contribution in [2.24, 2.45) is 11.7 Å². The van der Waals surface area contributed by atoms with Crippen LogP contribution in [0.25, 0.3) is 0 Å². The highest BCUT2D eigenvalue weighted by Crippen LogP contribution is 2.27. The predicted octanol–water partition coefficient (Wildman–Crippen LogP) is 2.79. The van der Waals surface area contributed by atoms with E-state index in [2.05, 4.69) is 45.0 Å². The summed E-state index contributed by atoms with van der Waals surface area (Å²) in [5.41, 5.74) is 7.02. The normalized spacial score (nSPS) is 24.4. The van der Waals surface area contributed by atoms with E-state index in [0.717, 1.165) is 23.3 Å². The predicted molar refractivity (Wildman–Crippen MR) is 78.2 cm³/mol. The SMILES string of the molecule is CN(Cc1ccc(Br)cn1)C1CCCCC1CN. The molecule has 2 rings (SSSR count). The Balaban J connectivity index is 1.97. The molecule has 1 aromatic heterocycles. The molecule has 1 fully saturated rings. The minimum Gasteiger partial charge on any atom is -0.330 e. The molecule has 3 nitrogen and oxygen atoms in total. The molecule has 4 heteroatoms. The Labute approximate surface area is 118 Å². The number of halogens is 1. The third-order valence-electron chi connectivity index (χ3n) is 3.94. The Morgan fingerprint density at radius 3 is 2.83 bits per heavy atom. The van der Waals surface area contributed by atoms with Gasteiger partial charge in [0.05, 0.1) is 5.69 Å². The topological polar surface area (TPSA) is 42.2 Å². The van der Waals surface area contributed by atoms with Gasteiger partial charge in [-0.3, -0.25) is 9.88 Å². The first-order valence-corrected chi connectivity index (χ1v) is 7.50. The summed E-state index contributed by atoms with van der Waals surface area (Å²) in [5.74, 6) is 0.652. The van der Waals surface area contributed by atoms with Gasteiger partial charge in [0.15, 0.2) is 0 Å². The van der Waals surface area contributed by atoms with Gasteiger partial charge in [-0.2, -0.15) is 0 Å². The van der Waals surface area contributed by atoms with Gasteiger partial charge in [-0.25, -0.2) is 0 Å². The number of hydrogen-bond donors (Lipinski definition) is 1. The van der Waals surface area contributed by atoms with Crippen LogP contribution in [-0.2, 0) is 6.54 Å². The summed E-state index contributed by atoms with van der Waals surface area (Å²) in [5, 5.41) is 0. The van der Waals surface area contributed by atoms with Gasteiger partial charge in [-0.05, 0) is 60.4 Å². The Kier molecular flexibility index (Phi) is 5.15. The molecule has 18 heavy (non-hydrogen) atoms. The Morgan fingerprint density at radius 1 is 1.39 bits per heavy atom. The molecule has 1 saturated carbocycles. The van der Waals surface area contributed by atoms with Crippen LogP contribution in [0, 0.1) is 5.92 Å². The smallest absolute Gasteiger partial charge is 0.0544 e. The summed E-state index contributed by atoms with van der Waals surface area (Å²) in [6.07, 6.45) is 7.08. The van der Waals surface area contributed by atoms with E-state index >= 15 is 0 Å². The molecule has 1 aliphatic carbocycles. The summed E-state index contributed by atoms with van der Waals surface area (Å²) in [4.78, 5) is 6.87. The van der Waals surface area contributed by atoms with E-state index in [-0.39, 0.29) is 0 Å². The lowest BCUT2D eigenvalue weighted by atomic mass is 9.83. The van der Waals surface area contributed by atoms with Crippen molar-refractivity contribution in [3.05, 3.63) is 28.5 Å². The van der Waals surface area contributed by atoms with Crippen LogP contribution in [0.2, 0.25) is 0 Å². The zero-order valence-electron chi connectivity index (χ0n) is 11.0. The van der Waals surface area contributed by atoms with Crippen LogP contribution in [0.1, 0.15) is 31.4 Å². The van der Waals surface area contributed by atoms with E-state index in [1.54, 1.807) is 0 Å². The van der Waals surface area contributed by atoms with Crippen LogP contribution in [0.3, 0.4) is 0 Å². The Hall–Kier alpha value is -0.450. The van der Waals surface area contributed by atoms with Crippen LogP contribution < -0.4 is 5.73 Å². The van der Waals surface area contributed by atoms with Crippen molar-refractivity contribution < 1.29 is 0 Å². The molecule has 1 heterocycles. The van der Waals surface area contributed by atoms with Gasteiger partial charge in [0.1, 0.15) is 0 Å². The second-order valence-electron chi connectivity index (χ2n) is 5.23. The fourth-order valence-electron chi connectivity index (χ4n) is 2.92. The van der Waals surface area contributed by atoms with Gasteiger partial charge in [0, 0.05) is 23.3 Å². The molecule has 0 amide bonds. The lowest BCUT2D eigenvalue weighted by Gasteiger charge is -2.37. The van der Waals surface area contributed by atoms with Crippen LogP contribution in [0.4, 0.5) is 0 Å². The molecule has 0 radical (unpaired) electrons. The quantitative estimate of drug-likeness (QED) is 0.929. The first-order chi connectivity index (χ1) is 8.70. The largest absolute Gasteiger partial charge is 0.330 e. The maximum Gasteiger partial charge on any atom is 0.0544 e. The third-order valence-corrected chi connectivity index (χ3v) is 4.41. The molecule has 1 aliphatic rings. The molecule has 2 N–H and O–H groups in total. The van der Waals surface area contributed by atoms with Crippen LogP contribution >= 0.6 is 15.9 Å². The summed E-state index contributed by atoms with van der Waals surface area (Å²) < 4.78 is 1.03. The van der Waals surface area contributed by atoms with Gasteiger partial charge >= 0.3 is 0 Å². The monoisotopic (exact) mass is 311 g/mol. The van der Waals surface area contributed by atoms with Gasteiger partial charge in [-0.15, -0.1) is 0 Å². The van der Waals surface area contributed by atoms with Crippen molar-refractivity contribution in [2.75, 3.05) is 13.6 Å². The fourth-order valence-corrected chi connectivity index (χ4v) is 3.15. The summed E-state index contributed by atoms with van der Waals surface area (Å²) >= 11 is 3.42. The summed E-state index contributed by atoms with van der Waals surface area (Å²) in [6, 6.07) is 4.76. The number of hydrogen-bond acceptors (Lipinski definition) is 3. The minimum atomic E-state index is 0.620. The maximum absolute atomic E-state index is 5.90. The van der Waals surface area contributed by atoms with Crippen molar-refractivity contribution in [3.8, 4) is 0 Å². The Morgan fingerprint density at radius 2 is 2.17 bits per heavy atom. The highest BCUT2D eigenvalue weighted by molar-refractivity contribution is 9.10. The highest BCUT2D eigenvalue weighted by Gasteiger charge is 2.27. The molecule has 0 aromatic carbocycles. The van der Waals surface area contributed by atoms with E-state index in [1.807, 2.05) is 6.20 Å². The number of rotatable bonds is 4. The fraction of sp³-hybridized carbons (Fsp3) is 0.643. The average Bonchev–Trinajstić information content (AvgIpc) is 2.41. The standard InChI is InChI=1S/C14H22BrN3/c1-18(10-13-7-6-12(15)9-17-13)14-5-3-2-4-11(14)8-16/h6-7,9,11,14H,2-5,8,10,16H2,1H3. The van der Waals surface area contributed by atoms with Crippen molar-refractivity contribution >= 4 is 15.9 Å². The van der Waals surface area contributed by atoms with Gasteiger partial charge in [0.25, 0.3) is 0 Å². The highest BCUT2D eigenvalue weighted by atomic mass is 79.9. The molecule has 0 aliphatic heterocycles. The van der Waals surface area contributed by atoms with E-state index in [9.17, 15) is 0 Å². The molecule has 2 unspecified atom stereocenters. The number of pyridine rings is 1. The molecule has 0 spiro atoms. The molecular weight excluding hydrogens is 290 g/mol. The second kappa shape index (κ2) is 6.64. The average molecular weight is 312 g/mol. The first-order valence-electron chi connectivity index (χ1n) is 6.71. The molecule has 1 aromatic rings. The first kappa shape index (κ1) is 14.0. The van der Waals surface area contributed by atoms with Gasteiger partial charge in [0.2, 0.25) is 0 Å². The van der Waals surface area contributed by atoms with E-state index in [0.29, 0.717) is 12.0 Å². The van der Waals surface area contributed by atoms with Crippen LogP contribution in [0.15, 0.2) is 22.8 Å². The van der Waals surface area contributed by atoms with Crippen LogP contribution in [0.5, 0.6) is 0 Å². The van der Waals surface area contributed by atoms with Gasteiger partial charge in [-0.1, -0.05) is 12.8 Å². The van der Waals surface area contributed by atoms with Crippen LogP contribution in [-0.4, -0.2) is 29.5 Å². The van der Waals surface area contributed by atoms with E-state index in [4.69, 9.17) is 5.73 Å². The second-order valence-corrected chi connectivity index (χ2v) is 6.15. The summed E-state index contributed by atoms with van der Waals surface area (Å²) in [7, 11) is 2.20. The number of aromatic nitrogens is 1. The van der Waals surface area contributed by atoms with Crippen molar-refractivity contribution in [3.63, 3.8) is 0 Å². The van der Waals surface area contributed by atoms with E-state index < -0.39 is 0 Å². The van der Waals surface area contributed by atoms with Crippen molar-refractivity contribution in [1.29, 1.82) is 0 Å².